The van der Waals surface area contributed by atoms with Crippen molar-refractivity contribution in [1.82, 2.24) is 19.4 Å². The van der Waals surface area contributed by atoms with E-state index in [-0.39, 0.29) is 5.91 Å². The molecular weight excluding hydrogens is 316 g/mol. The summed E-state index contributed by atoms with van der Waals surface area (Å²) in [6.45, 7) is 2.91. The first-order chi connectivity index (χ1) is 12.1. The van der Waals surface area contributed by atoms with Crippen molar-refractivity contribution in [3.63, 3.8) is 0 Å². The standard InChI is InChI=1S/C19H30N4O2/c1-21-16-7-3-2-6-15(16)20-19(21)17-8-4-10-22(17)12-14(24)13-23-11-5-9-18(23)25/h14,17,24H,2-13H2,1H3/t14-,17-/m0/s1. The quantitative estimate of drug-likeness (QED) is 0.876. The lowest BCUT2D eigenvalue weighted by molar-refractivity contribution is -0.129. The lowest BCUT2D eigenvalue weighted by atomic mass is 10.0. The van der Waals surface area contributed by atoms with Crippen LogP contribution in [-0.4, -0.2) is 62.6 Å². The molecule has 0 spiro atoms. The highest BCUT2D eigenvalue weighted by molar-refractivity contribution is 5.78. The van der Waals surface area contributed by atoms with E-state index in [0.717, 1.165) is 45.2 Å². The molecule has 1 aliphatic carbocycles. The molecule has 0 unspecified atom stereocenters. The first kappa shape index (κ1) is 17.0. The van der Waals surface area contributed by atoms with Gasteiger partial charge in [0.05, 0.1) is 17.8 Å². The largest absolute Gasteiger partial charge is 0.390 e. The molecule has 2 saturated heterocycles. The average Bonchev–Trinajstić information content (AvgIpc) is 3.29. The smallest absolute Gasteiger partial charge is 0.222 e. The number of carbonyl (C=O) groups is 1. The predicted octanol–water partition coefficient (Wildman–Crippen LogP) is 1.42. The summed E-state index contributed by atoms with van der Waals surface area (Å²) >= 11 is 0. The summed E-state index contributed by atoms with van der Waals surface area (Å²) in [4.78, 5) is 20.9. The topological polar surface area (TPSA) is 61.6 Å². The van der Waals surface area contributed by atoms with E-state index in [1.807, 2.05) is 4.90 Å². The molecule has 1 amide bonds. The number of nitrogens with zero attached hydrogens (tertiary/aromatic N) is 4. The molecule has 0 saturated carbocycles. The monoisotopic (exact) mass is 346 g/mol. The molecule has 1 aromatic heterocycles. The van der Waals surface area contributed by atoms with Gasteiger partial charge in [-0.1, -0.05) is 0 Å². The van der Waals surface area contributed by atoms with E-state index in [1.54, 1.807) is 0 Å². The van der Waals surface area contributed by atoms with Gasteiger partial charge in [0, 0.05) is 38.8 Å². The fourth-order valence-corrected chi connectivity index (χ4v) is 4.82. The van der Waals surface area contributed by atoms with Gasteiger partial charge in [0.25, 0.3) is 0 Å². The Morgan fingerprint density at radius 3 is 2.72 bits per heavy atom. The summed E-state index contributed by atoms with van der Waals surface area (Å²) in [5.74, 6) is 1.36. The lowest BCUT2D eigenvalue weighted by Gasteiger charge is -2.28. The van der Waals surface area contributed by atoms with E-state index in [0.29, 0.717) is 25.6 Å². The van der Waals surface area contributed by atoms with Gasteiger partial charge in [0.15, 0.2) is 0 Å². The molecule has 6 nitrogen and oxygen atoms in total. The van der Waals surface area contributed by atoms with E-state index in [1.165, 1.54) is 30.1 Å². The molecule has 4 rings (SSSR count). The maximum atomic E-state index is 11.8. The molecule has 138 valence electrons. The van der Waals surface area contributed by atoms with Crippen LogP contribution in [-0.2, 0) is 24.7 Å². The van der Waals surface area contributed by atoms with Gasteiger partial charge in [0.1, 0.15) is 5.82 Å². The third-order valence-electron chi connectivity index (χ3n) is 6.12. The number of β-amino-alcohol motifs (C(OH)–C–C–N with tert-alkyl or cyclic N) is 1. The van der Waals surface area contributed by atoms with Crippen LogP contribution in [0.4, 0.5) is 0 Å². The molecule has 6 heteroatoms. The first-order valence-electron chi connectivity index (χ1n) is 9.87. The Morgan fingerprint density at radius 2 is 1.96 bits per heavy atom. The molecule has 0 radical (unpaired) electrons. The number of amides is 1. The Kier molecular flexibility index (Phi) is 4.82. The van der Waals surface area contributed by atoms with Crippen molar-refractivity contribution in [3.05, 3.63) is 17.2 Å². The van der Waals surface area contributed by atoms with Gasteiger partial charge in [-0.15, -0.1) is 0 Å². The van der Waals surface area contributed by atoms with Crippen molar-refractivity contribution < 1.29 is 9.90 Å². The third kappa shape index (κ3) is 3.34. The number of rotatable bonds is 5. The number of fused-ring (bicyclic) bond motifs is 1. The Hall–Kier alpha value is -1.40. The molecule has 0 aromatic carbocycles. The van der Waals surface area contributed by atoms with Crippen molar-refractivity contribution in [2.45, 2.75) is 63.5 Å². The number of imidazole rings is 1. The Labute approximate surface area is 149 Å². The van der Waals surface area contributed by atoms with E-state index in [2.05, 4.69) is 16.5 Å². The molecule has 2 fully saturated rings. The summed E-state index contributed by atoms with van der Waals surface area (Å²) in [6.07, 6.45) is 8.12. The number of hydrogen-bond acceptors (Lipinski definition) is 4. The van der Waals surface area contributed by atoms with Crippen LogP contribution in [0.1, 0.15) is 61.8 Å². The van der Waals surface area contributed by atoms with Crippen LogP contribution >= 0.6 is 0 Å². The maximum absolute atomic E-state index is 11.8. The predicted molar refractivity (Wildman–Crippen MR) is 95.2 cm³/mol. The van der Waals surface area contributed by atoms with Crippen LogP contribution in [0.5, 0.6) is 0 Å². The molecule has 2 atom stereocenters. The summed E-state index contributed by atoms with van der Waals surface area (Å²) in [6, 6.07) is 0.305. The average molecular weight is 346 g/mol. The van der Waals surface area contributed by atoms with Gasteiger partial charge in [-0.05, 0) is 51.5 Å². The van der Waals surface area contributed by atoms with E-state index in [4.69, 9.17) is 4.98 Å². The second-order valence-corrected chi connectivity index (χ2v) is 7.88. The minimum atomic E-state index is -0.474. The highest BCUT2D eigenvalue weighted by Gasteiger charge is 2.33. The Bertz CT molecular complexity index is 642. The minimum absolute atomic E-state index is 0.189. The summed E-state index contributed by atoms with van der Waals surface area (Å²) in [5.41, 5.74) is 2.70. The van der Waals surface area contributed by atoms with E-state index < -0.39 is 6.10 Å². The van der Waals surface area contributed by atoms with Crippen LogP contribution in [0.25, 0.3) is 0 Å². The molecular formula is C19H30N4O2. The van der Waals surface area contributed by atoms with Gasteiger partial charge in [-0.25, -0.2) is 4.98 Å². The van der Waals surface area contributed by atoms with E-state index >= 15 is 0 Å². The van der Waals surface area contributed by atoms with Crippen LogP contribution in [0.2, 0.25) is 0 Å². The minimum Gasteiger partial charge on any atom is -0.390 e. The zero-order valence-corrected chi connectivity index (χ0v) is 15.3. The van der Waals surface area contributed by atoms with Crippen LogP contribution in [0.15, 0.2) is 0 Å². The SMILES string of the molecule is Cn1c([C@@H]2CCCN2C[C@H](O)CN2CCCC2=O)nc2c1CCCC2. The molecule has 3 heterocycles. The van der Waals surface area contributed by atoms with Crippen LogP contribution in [0.3, 0.4) is 0 Å². The Balaban J connectivity index is 1.44. The van der Waals surface area contributed by atoms with Gasteiger partial charge in [-0.3, -0.25) is 9.69 Å². The van der Waals surface area contributed by atoms with Gasteiger partial charge in [-0.2, -0.15) is 0 Å². The van der Waals surface area contributed by atoms with Crippen molar-refractivity contribution in [2.75, 3.05) is 26.2 Å². The summed E-state index contributed by atoms with van der Waals surface area (Å²) in [5, 5.41) is 10.5. The second kappa shape index (κ2) is 7.08. The van der Waals surface area contributed by atoms with Crippen molar-refractivity contribution >= 4 is 5.91 Å². The van der Waals surface area contributed by atoms with E-state index in [9.17, 15) is 9.90 Å². The van der Waals surface area contributed by atoms with Crippen molar-refractivity contribution in [3.8, 4) is 0 Å². The molecule has 25 heavy (non-hydrogen) atoms. The maximum Gasteiger partial charge on any atom is 0.222 e. The zero-order chi connectivity index (χ0) is 17.4. The molecule has 0 bridgehead atoms. The number of aryl methyl sites for hydroxylation is 1. The third-order valence-corrected chi connectivity index (χ3v) is 6.12. The van der Waals surface area contributed by atoms with Gasteiger partial charge < -0.3 is 14.6 Å². The molecule has 1 aromatic rings. The molecule has 2 aliphatic heterocycles. The van der Waals surface area contributed by atoms with Gasteiger partial charge >= 0.3 is 0 Å². The molecule has 3 aliphatic rings. The number of aliphatic hydroxyl groups is 1. The second-order valence-electron chi connectivity index (χ2n) is 7.88. The van der Waals surface area contributed by atoms with Gasteiger partial charge in [0.2, 0.25) is 5.91 Å². The van der Waals surface area contributed by atoms with Crippen molar-refractivity contribution in [1.29, 1.82) is 0 Å². The summed E-state index contributed by atoms with van der Waals surface area (Å²) < 4.78 is 2.31. The molecule has 1 N–H and O–H groups in total. The normalized spacial score (nSPS) is 25.6. The number of hydrogen-bond donors (Lipinski definition) is 1. The first-order valence-corrected chi connectivity index (χ1v) is 9.87. The Morgan fingerprint density at radius 1 is 1.12 bits per heavy atom. The summed E-state index contributed by atoms with van der Waals surface area (Å²) in [7, 11) is 2.16. The van der Waals surface area contributed by atoms with Crippen LogP contribution in [0, 0.1) is 0 Å². The lowest BCUT2D eigenvalue weighted by Crippen LogP contribution is -2.41. The zero-order valence-electron chi connectivity index (χ0n) is 15.3. The number of likely N-dealkylation sites (tertiary alicyclic amines) is 2. The fraction of sp³-hybridized carbons (Fsp3) is 0.789. The highest BCUT2D eigenvalue weighted by Crippen LogP contribution is 2.33. The highest BCUT2D eigenvalue weighted by atomic mass is 16.3. The number of aromatic nitrogens is 2. The number of carbonyl (C=O) groups excluding carboxylic acids is 1. The van der Waals surface area contributed by atoms with Crippen molar-refractivity contribution in [2.24, 2.45) is 7.05 Å². The fourth-order valence-electron chi connectivity index (χ4n) is 4.82. The van der Waals surface area contributed by atoms with Crippen LogP contribution < -0.4 is 0 Å². The number of aliphatic hydroxyl groups excluding tert-OH is 1.